The predicted octanol–water partition coefficient (Wildman–Crippen LogP) is 0.536. The molecule has 0 aromatic heterocycles. The van der Waals surface area contributed by atoms with E-state index < -0.39 is 11.3 Å². The zero-order chi connectivity index (χ0) is 5.86. The third-order valence-corrected chi connectivity index (χ3v) is 1.21. The summed E-state index contributed by atoms with van der Waals surface area (Å²) in [4.78, 5) is 9.71. The number of rotatable bonds is 2. The topological polar surface area (TPSA) is 37.3 Å². The Labute approximate surface area is 77.3 Å². The average molecular weight is 347 g/mol. The molecule has 0 spiro atoms. The maximum Gasteiger partial charge on any atom is 0.322 e. The van der Waals surface area contributed by atoms with E-state index >= 15 is 0 Å². The Kier molecular flexibility index (Phi) is 8.94. The monoisotopic (exact) mass is 347 g/mol. The molecule has 0 saturated heterocycles. The molecule has 0 aromatic rings. The first kappa shape index (κ1) is 11.7. The Morgan fingerprint density at radius 1 is 1.75 bits per heavy atom. The number of carbonyl (C=O) groups is 1. The molecule has 0 amide bonds. The Morgan fingerprint density at radius 2 is 2.12 bits per heavy atom. The summed E-state index contributed by atoms with van der Waals surface area (Å²) in [5.41, 5.74) is 0. The van der Waals surface area contributed by atoms with Crippen LogP contribution in [0.5, 0.6) is 0 Å². The van der Waals surface area contributed by atoms with Crippen LogP contribution in [0.1, 0.15) is 0 Å². The van der Waals surface area contributed by atoms with E-state index in [0.29, 0.717) is 0 Å². The molecule has 0 aliphatic carbocycles. The molecule has 0 aliphatic heterocycles. The van der Waals surface area contributed by atoms with Gasteiger partial charge in [-0.25, -0.2) is 0 Å². The molecule has 1 N–H and O–H groups in total. The Morgan fingerprint density at radius 3 is 2.12 bits per heavy atom. The molecule has 8 heavy (non-hydrogen) atoms. The van der Waals surface area contributed by atoms with Crippen LogP contribution in [0.25, 0.3) is 0 Å². The second-order valence-electron chi connectivity index (χ2n) is 0.960. The number of hydrogen-bond donors (Lipinski definition) is 1. The van der Waals surface area contributed by atoms with Crippen LogP contribution < -0.4 is 0 Å². The van der Waals surface area contributed by atoms with Gasteiger partial charge < -0.3 is 5.11 Å². The van der Waals surface area contributed by atoms with Gasteiger partial charge in [0.1, 0.15) is 5.38 Å². The van der Waals surface area contributed by atoms with E-state index in [1.54, 1.807) is 0 Å². The van der Waals surface area contributed by atoms with Crippen molar-refractivity contribution in [3.05, 3.63) is 0 Å². The molecule has 2 nitrogen and oxygen atoms in total. The summed E-state index contributed by atoms with van der Waals surface area (Å²) in [5, 5.41) is 7.02. The minimum absolute atomic E-state index is 0. The molecule has 1 unspecified atom stereocenters. The molecule has 1 radical (unpaired) electrons. The summed E-state index contributed by atoms with van der Waals surface area (Å²) in [5.74, 6) is -1.12. The van der Waals surface area contributed by atoms with Crippen molar-refractivity contribution in [1.29, 1.82) is 0 Å². The molecule has 5 heteroatoms. The van der Waals surface area contributed by atoms with Crippen LogP contribution in [0.15, 0.2) is 0 Å². The van der Waals surface area contributed by atoms with Crippen molar-refractivity contribution in [3.63, 3.8) is 0 Å². The average Bonchev–Trinajstić information content (AvgIpc) is 1.65. The minimum Gasteiger partial charge on any atom is -0.480 e. The van der Waals surface area contributed by atoms with Crippen molar-refractivity contribution in [1.82, 2.24) is 0 Å². The van der Waals surface area contributed by atoms with E-state index in [1.165, 1.54) is 0 Å². The van der Waals surface area contributed by atoms with Gasteiger partial charge in [0.05, 0.1) is 0 Å². The fourth-order valence-electron chi connectivity index (χ4n) is 0.0660. The predicted molar refractivity (Wildman–Crippen MR) is 33.8 cm³/mol. The standard InChI is InChI=1S/C3H4Cl2O2.Tl/c4-1-2(5)3(6)7;/h2H,1H2,(H,6,7);. The van der Waals surface area contributed by atoms with E-state index in [4.69, 9.17) is 28.3 Å². The Hall–Kier alpha value is 0.972. The van der Waals surface area contributed by atoms with Crippen LogP contribution in [0.4, 0.5) is 0 Å². The second-order valence-corrected chi connectivity index (χ2v) is 1.80. The normalized spacial score (nSPS) is 11.8. The number of aliphatic carboxylic acids is 1. The molecule has 0 bridgehead atoms. The van der Waals surface area contributed by atoms with Crippen molar-refractivity contribution in [2.45, 2.75) is 5.38 Å². The molecule has 1 atom stereocenters. The summed E-state index contributed by atoms with van der Waals surface area (Å²) < 4.78 is 0. The van der Waals surface area contributed by atoms with Crippen LogP contribution in [0.2, 0.25) is 0 Å². The maximum atomic E-state index is 9.71. The molecule has 0 aliphatic rings. The number of halogens is 2. The van der Waals surface area contributed by atoms with Crippen LogP contribution in [-0.4, -0.2) is 49.6 Å². The van der Waals surface area contributed by atoms with Crippen molar-refractivity contribution < 1.29 is 9.90 Å². The first-order valence-corrected chi connectivity index (χ1v) is 2.58. The van der Waals surface area contributed by atoms with Gasteiger partial charge in [0.15, 0.2) is 0 Å². The van der Waals surface area contributed by atoms with Crippen LogP contribution in [0.3, 0.4) is 0 Å². The van der Waals surface area contributed by atoms with Gasteiger partial charge in [-0.05, 0) is 0 Å². The van der Waals surface area contributed by atoms with Gasteiger partial charge >= 0.3 is 5.97 Å². The van der Waals surface area contributed by atoms with Gasteiger partial charge in [-0.15, -0.1) is 23.2 Å². The van der Waals surface area contributed by atoms with Crippen molar-refractivity contribution in [2.24, 2.45) is 0 Å². The van der Waals surface area contributed by atoms with E-state index in [1.807, 2.05) is 0 Å². The van der Waals surface area contributed by atoms with Crippen molar-refractivity contribution in [2.75, 3.05) is 5.88 Å². The summed E-state index contributed by atoms with van der Waals surface area (Å²) >= 11 is 10.1. The smallest absolute Gasteiger partial charge is 0.322 e. The molecule has 0 aromatic carbocycles. The van der Waals surface area contributed by atoms with Gasteiger partial charge in [-0.3, -0.25) is 4.79 Å². The fourth-order valence-corrected chi connectivity index (χ4v) is 0.198. The first-order valence-electron chi connectivity index (χ1n) is 1.61. The summed E-state index contributed by atoms with van der Waals surface area (Å²) in [6.45, 7) is 0. The first-order chi connectivity index (χ1) is 3.18. The fraction of sp³-hybridized carbons (Fsp3) is 0.667. The zero-order valence-electron chi connectivity index (χ0n) is 3.97. The van der Waals surface area contributed by atoms with E-state index in [2.05, 4.69) is 0 Å². The SMILES string of the molecule is O=C(O)C(Cl)CCl.[Tl]. The van der Waals surface area contributed by atoms with Gasteiger partial charge in [0.2, 0.25) is 0 Å². The van der Waals surface area contributed by atoms with Crippen molar-refractivity contribution in [3.8, 4) is 0 Å². The van der Waals surface area contributed by atoms with Crippen LogP contribution in [0, 0.1) is 0 Å². The number of alkyl halides is 2. The Bertz CT molecular complexity index is 77.7. The van der Waals surface area contributed by atoms with Gasteiger partial charge in [0, 0.05) is 33.2 Å². The second kappa shape index (κ2) is 6.10. The van der Waals surface area contributed by atoms with E-state index in [-0.39, 0.29) is 33.2 Å². The van der Waals surface area contributed by atoms with E-state index in [9.17, 15) is 4.79 Å². The summed E-state index contributed by atoms with van der Waals surface area (Å²) in [7, 11) is 0. The molecule has 0 fully saturated rings. The molecule has 0 heterocycles. The molecule has 45 valence electrons. The van der Waals surface area contributed by atoms with Gasteiger partial charge in [-0.1, -0.05) is 0 Å². The minimum atomic E-state index is -1.07. The van der Waals surface area contributed by atoms with E-state index in [0.717, 1.165) is 0 Å². The number of carboxylic acids is 1. The maximum absolute atomic E-state index is 9.71. The van der Waals surface area contributed by atoms with Crippen molar-refractivity contribution >= 4 is 56.5 Å². The summed E-state index contributed by atoms with van der Waals surface area (Å²) in [6, 6.07) is 0. The molecule has 0 rings (SSSR count). The van der Waals surface area contributed by atoms with Gasteiger partial charge in [-0.2, -0.15) is 0 Å². The number of carboxylic acid groups (broad SMARTS) is 1. The third-order valence-electron chi connectivity index (χ3n) is 0.403. The largest absolute Gasteiger partial charge is 0.480 e. The zero-order valence-corrected chi connectivity index (χ0v) is 9.97. The molecule has 0 saturated carbocycles. The Balaban J connectivity index is 0. The molecular weight excluding hydrogens is 343 g/mol. The van der Waals surface area contributed by atoms with Gasteiger partial charge in [0.25, 0.3) is 0 Å². The summed E-state index contributed by atoms with van der Waals surface area (Å²) in [6.07, 6.45) is 0. The third kappa shape index (κ3) is 5.12. The van der Waals surface area contributed by atoms with Crippen LogP contribution in [-0.2, 0) is 4.79 Å². The quantitative estimate of drug-likeness (QED) is 0.585. The number of hydrogen-bond acceptors (Lipinski definition) is 1. The van der Waals surface area contributed by atoms with Crippen LogP contribution >= 0.6 is 23.2 Å². The molecular formula is C3H4Cl2O2Tl.